The van der Waals surface area contributed by atoms with Crippen molar-refractivity contribution >= 4 is 22.9 Å². The molecule has 3 aromatic carbocycles. The van der Waals surface area contributed by atoms with E-state index < -0.39 is 0 Å². The van der Waals surface area contributed by atoms with Crippen molar-refractivity contribution < 1.29 is 8.91 Å². The molecule has 0 aliphatic carbocycles. The van der Waals surface area contributed by atoms with Crippen LogP contribution in [0, 0.1) is 5.82 Å². The minimum Gasteiger partial charge on any atom is -0.351 e. The van der Waals surface area contributed by atoms with Gasteiger partial charge in [-0.05, 0) is 48.8 Å². The van der Waals surface area contributed by atoms with Crippen LogP contribution in [0.4, 0.5) is 4.39 Å². The van der Waals surface area contributed by atoms with Crippen LogP contribution in [0.2, 0.25) is 0 Å². The van der Waals surface area contributed by atoms with E-state index in [1.165, 1.54) is 17.7 Å². The van der Waals surface area contributed by atoms with Crippen molar-refractivity contribution in [2.24, 2.45) is 0 Å². The highest BCUT2D eigenvalue weighted by Gasteiger charge is 2.34. The van der Waals surface area contributed by atoms with E-state index in [4.69, 9.17) is 21.7 Å². The van der Waals surface area contributed by atoms with Crippen LogP contribution in [0.5, 0.6) is 0 Å². The van der Waals surface area contributed by atoms with Gasteiger partial charge in [-0.15, -0.1) is 0 Å². The summed E-state index contributed by atoms with van der Waals surface area (Å²) < 4.78 is 19.4. The summed E-state index contributed by atoms with van der Waals surface area (Å²) >= 11 is 5.75. The molecule has 4 aromatic rings. The highest BCUT2D eigenvalue weighted by atomic mass is 32.1. The van der Waals surface area contributed by atoms with Crippen molar-refractivity contribution in [3.8, 4) is 11.4 Å². The summed E-state index contributed by atoms with van der Waals surface area (Å²) in [6.45, 7) is 2.71. The molecule has 7 heteroatoms. The number of nitrogens with zero attached hydrogens (tertiary/aromatic N) is 3. The van der Waals surface area contributed by atoms with Gasteiger partial charge in [0.15, 0.2) is 5.11 Å². The summed E-state index contributed by atoms with van der Waals surface area (Å²) in [5, 5.41) is 8.24. The molecule has 0 spiro atoms. The third-order valence-corrected chi connectivity index (χ3v) is 6.29. The predicted octanol–water partition coefficient (Wildman–Crippen LogP) is 5.78. The lowest BCUT2D eigenvalue weighted by Gasteiger charge is -2.37. The average Bonchev–Trinajstić information content (AvgIpc) is 3.35. The first kappa shape index (κ1) is 22.0. The molecule has 1 aliphatic heterocycles. The van der Waals surface area contributed by atoms with Crippen molar-refractivity contribution in [1.29, 1.82) is 0 Å². The third kappa shape index (κ3) is 4.47. The Labute approximate surface area is 202 Å². The quantitative estimate of drug-likeness (QED) is 0.361. The molecule has 5 nitrogen and oxygen atoms in total. The molecule has 0 saturated carbocycles. The minimum absolute atomic E-state index is 0.293. The van der Waals surface area contributed by atoms with E-state index in [1.54, 1.807) is 12.1 Å². The van der Waals surface area contributed by atoms with Gasteiger partial charge in [0.1, 0.15) is 5.82 Å². The molecule has 170 valence electrons. The Morgan fingerprint density at radius 1 is 0.971 bits per heavy atom. The van der Waals surface area contributed by atoms with Crippen LogP contribution in [0.25, 0.3) is 17.0 Å². The second-order valence-corrected chi connectivity index (χ2v) is 8.50. The van der Waals surface area contributed by atoms with Gasteiger partial charge in [0.2, 0.25) is 5.82 Å². The fourth-order valence-corrected chi connectivity index (χ4v) is 4.50. The summed E-state index contributed by atoms with van der Waals surface area (Å²) in [6, 6.07) is 26.0. The van der Waals surface area contributed by atoms with Crippen LogP contribution in [-0.2, 0) is 6.42 Å². The molecule has 5 rings (SSSR count). The second kappa shape index (κ2) is 9.57. The first-order chi connectivity index (χ1) is 16.6. The number of hydrogen-bond donors (Lipinski definition) is 1. The zero-order valence-corrected chi connectivity index (χ0v) is 19.4. The molecule has 1 atom stereocenters. The molecule has 1 N–H and O–H groups in total. The highest BCUT2D eigenvalue weighted by Crippen LogP contribution is 2.37. The number of thiocarbonyl (C=S) groups is 1. The Balaban J connectivity index is 1.54. The number of rotatable bonds is 6. The standard InChI is InChI=1S/C27H23FN4OS/c1-18-23(26-30-25(31-33-26)21-10-6-3-7-11-21)24(20-12-14-22(28)15-13-20)29-27(34)32(18)17-16-19-8-4-2-5-9-19/h2-15,24H,16-17H2,1H3,(H,29,34). The summed E-state index contributed by atoms with van der Waals surface area (Å²) in [5.41, 5.74) is 4.71. The van der Waals surface area contributed by atoms with Gasteiger partial charge >= 0.3 is 0 Å². The number of halogens is 1. The molecule has 34 heavy (non-hydrogen) atoms. The van der Waals surface area contributed by atoms with Crippen molar-refractivity contribution in [3.63, 3.8) is 0 Å². The Bertz CT molecular complexity index is 1320. The number of hydrogen-bond acceptors (Lipinski definition) is 4. The van der Waals surface area contributed by atoms with Gasteiger partial charge in [0, 0.05) is 17.8 Å². The Hall–Kier alpha value is -3.84. The summed E-state index contributed by atoms with van der Waals surface area (Å²) in [6.07, 6.45) is 0.827. The lowest BCUT2D eigenvalue weighted by atomic mass is 9.94. The lowest BCUT2D eigenvalue weighted by molar-refractivity contribution is 0.397. The average molecular weight is 471 g/mol. The van der Waals surface area contributed by atoms with E-state index in [-0.39, 0.29) is 11.9 Å². The normalized spacial score (nSPS) is 16.0. The van der Waals surface area contributed by atoms with Crippen LogP contribution in [-0.4, -0.2) is 26.7 Å². The maximum absolute atomic E-state index is 13.6. The van der Waals surface area contributed by atoms with Gasteiger partial charge in [0.05, 0.1) is 11.6 Å². The number of allylic oxidation sites excluding steroid dienone is 1. The molecule has 2 heterocycles. The molecule has 1 aliphatic rings. The van der Waals surface area contributed by atoms with Gasteiger partial charge in [-0.3, -0.25) is 0 Å². The highest BCUT2D eigenvalue weighted by molar-refractivity contribution is 7.80. The number of benzene rings is 3. The van der Waals surface area contributed by atoms with Gasteiger partial charge in [-0.2, -0.15) is 4.98 Å². The van der Waals surface area contributed by atoms with E-state index in [9.17, 15) is 4.39 Å². The second-order valence-electron chi connectivity index (χ2n) is 8.11. The maximum atomic E-state index is 13.6. The first-order valence-corrected chi connectivity index (χ1v) is 11.5. The van der Waals surface area contributed by atoms with Crippen molar-refractivity contribution in [1.82, 2.24) is 20.4 Å². The fraction of sp³-hybridized carbons (Fsp3) is 0.148. The van der Waals surface area contributed by atoms with Gasteiger partial charge in [-0.25, -0.2) is 4.39 Å². The Morgan fingerprint density at radius 3 is 2.35 bits per heavy atom. The minimum atomic E-state index is -0.342. The Morgan fingerprint density at radius 2 is 1.65 bits per heavy atom. The fourth-order valence-electron chi connectivity index (χ4n) is 4.16. The molecule has 0 amide bonds. The first-order valence-electron chi connectivity index (χ1n) is 11.1. The smallest absolute Gasteiger partial charge is 0.258 e. The molecular formula is C27H23FN4OS. The zero-order chi connectivity index (χ0) is 23.5. The molecule has 0 fully saturated rings. The van der Waals surface area contributed by atoms with Gasteiger partial charge in [0.25, 0.3) is 5.89 Å². The van der Waals surface area contributed by atoms with Crippen LogP contribution >= 0.6 is 12.2 Å². The van der Waals surface area contributed by atoms with Gasteiger partial charge < -0.3 is 14.7 Å². The monoisotopic (exact) mass is 470 g/mol. The SMILES string of the molecule is CC1=C(c2nc(-c3ccccc3)no2)C(c2ccc(F)cc2)NC(=S)N1CCc1ccccc1. The summed E-state index contributed by atoms with van der Waals surface area (Å²) in [7, 11) is 0. The summed E-state index contributed by atoms with van der Waals surface area (Å²) in [4.78, 5) is 6.77. The maximum Gasteiger partial charge on any atom is 0.258 e. The van der Waals surface area contributed by atoms with E-state index >= 15 is 0 Å². The van der Waals surface area contributed by atoms with Gasteiger partial charge in [-0.1, -0.05) is 78.0 Å². The Kier molecular flexibility index (Phi) is 6.18. The topological polar surface area (TPSA) is 54.2 Å². The third-order valence-electron chi connectivity index (χ3n) is 5.95. The van der Waals surface area contributed by atoms with Crippen LogP contribution < -0.4 is 5.32 Å². The molecule has 1 unspecified atom stereocenters. The van der Waals surface area contributed by atoms with E-state index in [0.717, 1.165) is 28.8 Å². The molecular weight excluding hydrogens is 447 g/mol. The van der Waals surface area contributed by atoms with Crippen molar-refractivity contribution in [3.05, 3.63) is 113 Å². The van der Waals surface area contributed by atoms with Crippen molar-refractivity contribution in [2.45, 2.75) is 19.4 Å². The molecule has 1 aromatic heterocycles. The van der Waals surface area contributed by atoms with E-state index in [1.807, 2.05) is 55.5 Å². The van der Waals surface area contributed by atoms with E-state index in [2.05, 4.69) is 27.5 Å². The van der Waals surface area contributed by atoms with Crippen LogP contribution in [0.15, 0.2) is 95.1 Å². The molecule has 0 bridgehead atoms. The molecule has 0 saturated heterocycles. The zero-order valence-electron chi connectivity index (χ0n) is 18.6. The van der Waals surface area contributed by atoms with Crippen LogP contribution in [0.3, 0.4) is 0 Å². The number of nitrogens with one attached hydrogen (secondary N) is 1. The van der Waals surface area contributed by atoms with E-state index in [0.29, 0.717) is 23.4 Å². The summed E-state index contributed by atoms with van der Waals surface area (Å²) in [5.74, 6) is 0.626. The lowest BCUT2D eigenvalue weighted by Crippen LogP contribution is -2.46. The molecule has 0 radical (unpaired) electrons. The number of aromatic nitrogens is 2. The van der Waals surface area contributed by atoms with Crippen LogP contribution in [0.1, 0.15) is 30.0 Å². The predicted molar refractivity (Wildman–Crippen MR) is 134 cm³/mol. The largest absolute Gasteiger partial charge is 0.351 e. The van der Waals surface area contributed by atoms with Crippen molar-refractivity contribution in [2.75, 3.05) is 6.54 Å².